The zero-order valence-corrected chi connectivity index (χ0v) is 17.6. The second kappa shape index (κ2) is 8.08. The fraction of sp³-hybridized carbons (Fsp3) is 0.217. The van der Waals surface area contributed by atoms with Gasteiger partial charge in [0, 0.05) is 11.8 Å². The first-order chi connectivity index (χ1) is 13.3. The molecule has 0 fully saturated rings. The Morgan fingerprint density at radius 1 is 0.964 bits per heavy atom. The SMILES string of the molecule is CC(C)(C)[Si](OCC(=O)c1ccnc(N)c1)(c1ccccc1)c1ccccc1. The number of benzene rings is 2. The highest BCUT2D eigenvalue weighted by atomic mass is 28.4. The van der Waals surface area contributed by atoms with Gasteiger partial charge >= 0.3 is 0 Å². The van der Waals surface area contributed by atoms with Gasteiger partial charge in [0.2, 0.25) is 0 Å². The van der Waals surface area contributed by atoms with Crippen LogP contribution in [0.3, 0.4) is 0 Å². The molecule has 144 valence electrons. The number of nitrogen functional groups attached to an aromatic ring is 1. The van der Waals surface area contributed by atoms with Crippen molar-refractivity contribution in [2.75, 3.05) is 12.3 Å². The molecule has 0 aliphatic heterocycles. The lowest BCUT2D eigenvalue weighted by molar-refractivity contribution is 0.0914. The molecule has 0 aliphatic carbocycles. The lowest BCUT2D eigenvalue weighted by Crippen LogP contribution is -2.67. The summed E-state index contributed by atoms with van der Waals surface area (Å²) in [5.41, 5.74) is 6.25. The Morgan fingerprint density at radius 2 is 1.50 bits per heavy atom. The van der Waals surface area contributed by atoms with Gasteiger partial charge in [0.1, 0.15) is 5.82 Å². The number of rotatable bonds is 6. The Balaban J connectivity index is 2.05. The van der Waals surface area contributed by atoms with Crippen LogP contribution in [0.1, 0.15) is 31.1 Å². The average molecular weight is 391 g/mol. The van der Waals surface area contributed by atoms with E-state index in [9.17, 15) is 4.79 Å². The van der Waals surface area contributed by atoms with Gasteiger partial charge in [-0.2, -0.15) is 0 Å². The normalized spacial score (nSPS) is 12.0. The van der Waals surface area contributed by atoms with Crippen molar-refractivity contribution in [1.82, 2.24) is 4.98 Å². The molecule has 28 heavy (non-hydrogen) atoms. The van der Waals surface area contributed by atoms with E-state index in [2.05, 4.69) is 50.0 Å². The molecule has 0 radical (unpaired) electrons. The third-order valence-electron chi connectivity index (χ3n) is 4.94. The molecule has 0 saturated heterocycles. The molecule has 2 N–H and O–H groups in total. The van der Waals surface area contributed by atoms with Crippen LogP contribution in [0.2, 0.25) is 5.04 Å². The van der Waals surface area contributed by atoms with Gasteiger partial charge in [-0.1, -0.05) is 81.4 Å². The zero-order chi connectivity index (χ0) is 20.2. The van der Waals surface area contributed by atoms with E-state index in [-0.39, 0.29) is 17.4 Å². The summed E-state index contributed by atoms with van der Waals surface area (Å²) in [6.45, 7) is 6.56. The molecule has 0 aliphatic rings. The second-order valence-corrected chi connectivity index (χ2v) is 12.2. The van der Waals surface area contributed by atoms with Crippen LogP contribution in [-0.2, 0) is 4.43 Å². The van der Waals surface area contributed by atoms with Crippen LogP contribution in [0.15, 0.2) is 79.0 Å². The number of nitrogens with zero attached hydrogens (tertiary/aromatic N) is 1. The van der Waals surface area contributed by atoms with Crippen LogP contribution in [-0.4, -0.2) is 25.7 Å². The highest BCUT2D eigenvalue weighted by molar-refractivity contribution is 6.99. The Labute approximate surface area is 167 Å². The molecule has 3 aromatic rings. The Bertz CT molecular complexity index is 898. The summed E-state index contributed by atoms with van der Waals surface area (Å²) in [7, 11) is -2.73. The van der Waals surface area contributed by atoms with E-state index in [0.717, 1.165) is 10.4 Å². The molecule has 0 unspecified atom stereocenters. The predicted octanol–water partition coefficient (Wildman–Crippen LogP) is 3.42. The first-order valence-electron chi connectivity index (χ1n) is 9.34. The summed E-state index contributed by atoms with van der Waals surface area (Å²) in [4.78, 5) is 16.8. The monoisotopic (exact) mass is 390 g/mol. The van der Waals surface area contributed by atoms with E-state index in [1.807, 2.05) is 36.4 Å². The molecule has 1 heterocycles. The topological polar surface area (TPSA) is 65.2 Å². The smallest absolute Gasteiger partial charge is 0.261 e. The molecular weight excluding hydrogens is 364 g/mol. The molecule has 0 saturated carbocycles. The van der Waals surface area contributed by atoms with Gasteiger partial charge in [0.15, 0.2) is 5.78 Å². The number of hydrogen-bond acceptors (Lipinski definition) is 4. The lowest BCUT2D eigenvalue weighted by atomic mass is 10.2. The third kappa shape index (κ3) is 3.91. The molecule has 0 atom stereocenters. The zero-order valence-electron chi connectivity index (χ0n) is 16.6. The van der Waals surface area contributed by atoms with Crippen LogP contribution in [0.5, 0.6) is 0 Å². The first kappa shape index (κ1) is 20.0. The Kier molecular flexibility index (Phi) is 5.77. The largest absolute Gasteiger partial charge is 0.400 e. The van der Waals surface area contributed by atoms with E-state index in [0.29, 0.717) is 11.4 Å². The number of nitrogens with two attached hydrogens (primary N) is 1. The predicted molar refractivity (Wildman–Crippen MR) is 117 cm³/mol. The highest BCUT2D eigenvalue weighted by Gasteiger charge is 2.50. The average Bonchev–Trinajstić information content (AvgIpc) is 2.69. The van der Waals surface area contributed by atoms with Crippen molar-refractivity contribution < 1.29 is 9.22 Å². The standard InChI is InChI=1S/C23H26N2O2Si/c1-23(2,3)28(19-10-6-4-7-11-19,20-12-8-5-9-13-20)27-17-21(26)18-14-15-25-22(24)16-18/h4-16H,17H2,1-3H3,(H2,24,25). The second-order valence-electron chi connectivity index (χ2n) is 7.84. The molecule has 0 amide bonds. The fourth-order valence-electron chi connectivity index (χ4n) is 3.64. The minimum absolute atomic E-state index is 0.00324. The molecule has 2 aromatic carbocycles. The summed E-state index contributed by atoms with van der Waals surface area (Å²) in [5.74, 6) is 0.235. The fourth-order valence-corrected chi connectivity index (χ4v) is 8.14. The summed E-state index contributed by atoms with van der Waals surface area (Å²) in [5, 5.41) is 2.12. The summed E-state index contributed by atoms with van der Waals surface area (Å²) < 4.78 is 6.65. The number of aromatic nitrogens is 1. The van der Waals surface area contributed by atoms with Gasteiger partial charge < -0.3 is 10.2 Å². The Morgan fingerprint density at radius 3 is 1.96 bits per heavy atom. The van der Waals surface area contributed by atoms with Gasteiger partial charge in [-0.3, -0.25) is 4.79 Å². The molecule has 5 heteroatoms. The number of carbonyl (C=O) groups excluding carboxylic acids is 1. The number of ketones is 1. The van der Waals surface area contributed by atoms with E-state index < -0.39 is 8.32 Å². The van der Waals surface area contributed by atoms with Gasteiger partial charge in [0.05, 0.1) is 6.61 Å². The highest BCUT2D eigenvalue weighted by Crippen LogP contribution is 2.36. The third-order valence-corrected chi connectivity index (χ3v) is 9.92. The van der Waals surface area contributed by atoms with Crippen molar-refractivity contribution in [2.24, 2.45) is 0 Å². The number of carbonyl (C=O) groups is 1. The molecular formula is C23H26N2O2Si. The summed E-state index contributed by atoms with van der Waals surface area (Å²) >= 11 is 0. The summed E-state index contributed by atoms with van der Waals surface area (Å²) in [6, 6.07) is 23.8. The minimum Gasteiger partial charge on any atom is -0.400 e. The van der Waals surface area contributed by atoms with Crippen LogP contribution in [0.4, 0.5) is 5.82 Å². The van der Waals surface area contributed by atoms with Crippen molar-refractivity contribution in [1.29, 1.82) is 0 Å². The van der Waals surface area contributed by atoms with E-state index in [1.54, 1.807) is 18.3 Å². The molecule has 3 rings (SSSR count). The molecule has 1 aromatic heterocycles. The quantitative estimate of drug-likeness (QED) is 0.517. The minimum atomic E-state index is -2.73. The van der Waals surface area contributed by atoms with Gasteiger partial charge in [0.25, 0.3) is 8.32 Å². The maximum atomic E-state index is 12.8. The van der Waals surface area contributed by atoms with Crippen molar-refractivity contribution in [3.63, 3.8) is 0 Å². The van der Waals surface area contributed by atoms with Crippen molar-refractivity contribution in [3.8, 4) is 0 Å². The maximum Gasteiger partial charge on any atom is 0.261 e. The number of pyridine rings is 1. The van der Waals surface area contributed by atoms with E-state index in [4.69, 9.17) is 10.2 Å². The lowest BCUT2D eigenvalue weighted by Gasteiger charge is -2.42. The van der Waals surface area contributed by atoms with Crippen molar-refractivity contribution >= 4 is 30.3 Å². The number of hydrogen-bond donors (Lipinski definition) is 1. The van der Waals surface area contributed by atoms with Crippen LogP contribution in [0.25, 0.3) is 0 Å². The van der Waals surface area contributed by atoms with Crippen molar-refractivity contribution in [2.45, 2.75) is 25.8 Å². The van der Waals surface area contributed by atoms with Gasteiger partial charge in [-0.05, 0) is 27.5 Å². The molecule has 4 nitrogen and oxygen atoms in total. The van der Waals surface area contributed by atoms with Crippen LogP contribution >= 0.6 is 0 Å². The van der Waals surface area contributed by atoms with Crippen LogP contribution < -0.4 is 16.1 Å². The Hall–Kier alpha value is -2.76. The van der Waals surface area contributed by atoms with Gasteiger partial charge in [-0.15, -0.1) is 0 Å². The first-order valence-corrected chi connectivity index (χ1v) is 11.2. The van der Waals surface area contributed by atoms with Crippen LogP contribution in [0, 0.1) is 0 Å². The maximum absolute atomic E-state index is 12.8. The molecule has 0 spiro atoms. The number of Topliss-reactive ketones (excluding diaryl/α,β-unsaturated/α-hetero) is 1. The van der Waals surface area contributed by atoms with Crippen molar-refractivity contribution in [3.05, 3.63) is 84.6 Å². The number of anilines is 1. The van der Waals surface area contributed by atoms with E-state index in [1.165, 1.54) is 0 Å². The molecule has 0 bridgehead atoms. The van der Waals surface area contributed by atoms with E-state index >= 15 is 0 Å². The summed E-state index contributed by atoms with van der Waals surface area (Å²) in [6.07, 6.45) is 1.55. The van der Waals surface area contributed by atoms with Gasteiger partial charge in [-0.25, -0.2) is 4.98 Å².